The van der Waals surface area contributed by atoms with Gasteiger partial charge in [-0.05, 0) is 38.8 Å². The number of aromatic nitrogens is 6. The quantitative estimate of drug-likeness (QED) is 0.341. The second-order valence-electron chi connectivity index (χ2n) is 9.40. The van der Waals surface area contributed by atoms with Crippen LogP contribution < -0.4 is 4.90 Å². The lowest BCUT2D eigenvalue weighted by atomic mass is 9.99. The van der Waals surface area contributed by atoms with E-state index >= 15 is 0 Å². The van der Waals surface area contributed by atoms with Crippen molar-refractivity contribution in [3.63, 3.8) is 0 Å². The molecule has 8 nitrogen and oxygen atoms in total. The number of nitrogens with zero attached hydrogens (tertiary/aromatic N) is 7. The standard InChI is InChI=1S/C25H22F3N7O/c1-14(2)34-11-19(18-10-30-13-31-24(18)34)22(36)15-7-17(9-29-8-15)33-6-5-21(33)20-12-35(16-3-4-16)32-23(20)25(26,27)28/h5-14,16,21H,3-4H2,1-2H3. The fraction of sp³-hybridized carbons (Fsp3) is 0.320. The molecule has 2 aliphatic rings. The molecule has 0 spiro atoms. The van der Waals surface area contributed by atoms with Gasteiger partial charge in [-0.25, -0.2) is 9.97 Å². The molecule has 0 radical (unpaired) electrons. The molecule has 6 rings (SSSR count). The average molecular weight is 493 g/mol. The summed E-state index contributed by atoms with van der Waals surface area (Å²) in [5.41, 5.74) is 1.15. The lowest BCUT2D eigenvalue weighted by Crippen LogP contribution is -2.30. The van der Waals surface area contributed by atoms with Crippen molar-refractivity contribution in [1.29, 1.82) is 0 Å². The van der Waals surface area contributed by atoms with E-state index in [1.54, 1.807) is 35.6 Å². The molecular formula is C25H22F3N7O. The number of anilines is 1. The Morgan fingerprint density at radius 2 is 1.92 bits per heavy atom. The number of fused-ring (bicyclic) bond motifs is 1. The first-order chi connectivity index (χ1) is 17.2. The van der Waals surface area contributed by atoms with Gasteiger partial charge in [-0.15, -0.1) is 0 Å². The monoisotopic (exact) mass is 493 g/mol. The minimum atomic E-state index is -4.56. The molecule has 0 bridgehead atoms. The number of hydrogen-bond donors (Lipinski definition) is 0. The fourth-order valence-corrected chi connectivity index (χ4v) is 4.54. The molecule has 1 aliphatic carbocycles. The van der Waals surface area contributed by atoms with Gasteiger partial charge >= 0.3 is 6.18 Å². The van der Waals surface area contributed by atoms with Gasteiger partial charge in [-0.1, -0.05) is 0 Å². The number of pyridine rings is 1. The van der Waals surface area contributed by atoms with E-state index in [9.17, 15) is 18.0 Å². The molecule has 0 aromatic carbocycles. The molecule has 4 aromatic heterocycles. The van der Waals surface area contributed by atoms with Crippen LogP contribution in [0, 0.1) is 0 Å². The number of halogens is 3. The van der Waals surface area contributed by atoms with Crippen molar-refractivity contribution in [2.45, 2.75) is 51.0 Å². The summed E-state index contributed by atoms with van der Waals surface area (Å²) in [5, 5.41) is 4.48. The summed E-state index contributed by atoms with van der Waals surface area (Å²) < 4.78 is 44.6. The highest BCUT2D eigenvalue weighted by molar-refractivity contribution is 6.16. The van der Waals surface area contributed by atoms with Crippen LogP contribution >= 0.6 is 0 Å². The van der Waals surface area contributed by atoms with Gasteiger partial charge in [0, 0.05) is 53.5 Å². The van der Waals surface area contributed by atoms with Gasteiger partial charge in [0.15, 0.2) is 11.5 Å². The van der Waals surface area contributed by atoms with Gasteiger partial charge in [0.05, 0.1) is 29.5 Å². The summed E-state index contributed by atoms with van der Waals surface area (Å²) in [5.74, 6) is -0.262. The van der Waals surface area contributed by atoms with Crippen LogP contribution in [-0.4, -0.2) is 35.1 Å². The van der Waals surface area contributed by atoms with Crippen LogP contribution in [0.5, 0.6) is 0 Å². The smallest absolute Gasteiger partial charge is 0.336 e. The van der Waals surface area contributed by atoms with Crippen molar-refractivity contribution in [3.8, 4) is 0 Å². The van der Waals surface area contributed by atoms with E-state index in [-0.39, 0.29) is 23.4 Å². The highest BCUT2D eigenvalue weighted by Gasteiger charge is 2.42. The third kappa shape index (κ3) is 3.66. The first-order valence-electron chi connectivity index (χ1n) is 11.7. The zero-order chi connectivity index (χ0) is 25.2. The fourth-order valence-electron chi connectivity index (χ4n) is 4.54. The van der Waals surface area contributed by atoms with Crippen molar-refractivity contribution in [2.75, 3.05) is 4.90 Å². The van der Waals surface area contributed by atoms with E-state index < -0.39 is 17.9 Å². The lowest BCUT2D eigenvalue weighted by Gasteiger charge is -2.35. The third-order valence-corrected chi connectivity index (χ3v) is 6.58. The third-order valence-electron chi connectivity index (χ3n) is 6.58. The number of hydrogen-bond acceptors (Lipinski definition) is 6. The summed E-state index contributed by atoms with van der Waals surface area (Å²) >= 11 is 0. The van der Waals surface area contributed by atoms with E-state index in [1.165, 1.54) is 29.6 Å². The Labute approximate surface area is 204 Å². The Hall–Kier alpha value is -4.02. The zero-order valence-electron chi connectivity index (χ0n) is 19.5. The van der Waals surface area contributed by atoms with Crippen molar-refractivity contribution >= 4 is 22.5 Å². The van der Waals surface area contributed by atoms with Crippen LogP contribution in [0.3, 0.4) is 0 Å². The van der Waals surface area contributed by atoms with Crippen LogP contribution in [0.25, 0.3) is 11.0 Å². The number of ketones is 1. The molecule has 1 aliphatic heterocycles. The predicted octanol–water partition coefficient (Wildman–Crippen LogP) is 5.26. The van der Waals surface area contributed by atoms with Crippen LogP contribution in [0.2, 0.25) is 0 Å². The van der Waals surface area contributed by atoms with Crippen LogP contribution in [-0.2, 0) is 6.18 Å². The van der Waals surface area contributed by atoms with Gasteiger partial charge in [-0.3, -0.25) is 14.5 Å². The van der Waals surface area contributed by atoms with Crippen molar-refractivity contribution < 1.29 is 18.0 Å². The molecule has 4 aromatic rings. The largest absolute Gasteiger partial charge is 0.435 e. The molecule has 36 heavy (non-hydrogen) atoms. The molecule has 11 heteroatoms. The van der Waals surface area contributed by atoms with E-state index in [4.69, 9.17) is 0 Å². The molecule has 1 unspecified atom stereocenters. The summed E-state index contributed by atoms with van der Waals surface area (Å²) in [4.78, 5) is 27.8. The second-order valence-corrected chi connectivity index (χ2v) is 9.40. The maximum Gasteiger partial charge on any atom is 0.435 e. The van der Waals surface area contributed by atoms with Gasteiger partial charge in [0.1, 0.15) is 12.0 Å². The van der Waals surface area contributed by atoms with E-state index in [2.05, 4.69) is 20.1 Å². The number of rotatable bonds is 6. The highest BCUT2D eigenvalue weighted by Crippen LogP contribution is 2.43. The molecule has 0 amide bonds. The Bertz CT molecular complexity index is 1510. The van der Waals surface area contributed by atoms with Crippen molar-refractivity contribution in [2.24, 2.45) is 0 Å². The normalized spacial score (nSPS) is 17.7. The summed E-state index contributed by atoms with van der Waals surface area (Å²) in [6.07, 6.45) is 9.75. The first kappa shape index (κ1) is 22.4. The molecular weight excluding hydrogens is 471 g/mol. The maximum absolute atomic E-state index is 13.8. The number of alkyl halides is 3. The highest BCUT2D eigenvalue weighted by atomic mass is 19.4. The van der Waals surface area contributed by atoms with E-state index in [0.29, 0.717) is 27.8 Å². The molecule has 1 saturated carbocycles. The van der Waals surface area contributed by atoms with Gasteiger partial charge in [-0.2, -0.15) is 18.3 Å². The molecule has 1 fully saturated rings. The Morgan fingerprint density at radius 3 is 2.58 bits per heavy atom. The average Bonchev–Trinajstić information content (AvgIpc) is 3.45. The van der Waals surface area contributed by atoms with Crippen molar-refractivity contribution in [3.05, 3.63) is 78.0 Å². The number of carbonyl (C=O) groups is 1. The summed E-state index contributed by atoms with van der Waals surface area (Å²) in [7, 11) is 0. The first-order valence-corrected chi connectivity index (χ1v) is 11.7. The lowest BCUT2D eigenvalue weighted by molar-refractivity contribution is -0.142. The van der Waals surface area contributed by atoms with E-state index in [1.807, 2.05) is 18.4 Å². The Kier molecular flexibility index (Phi) is 4.99. The summed E-state index contributed by atoms with van der Waals surface area (Å²) in [6.45, 7) is 3.99. The van der Waals surface area contributed by atoms with Gasteiger partial charge in [0.25, 0.3) is 0 Å². The second kappa shape index (κ2) is 8.00. The number of carbonyl (C=O) groups excluding carboxylic acids is 1. The van der Waals surface area contributed by atoms with Crippen molar-refractivity contribution in [1.82, 2.24) is 29.3 Å². The minimum absolute atomic E-state index is 0.0249. The van der Waals surface area contributed by atoms with E-state index in [0.717, 1.165) is 12.8 Å². The predicted molar refractivity (Wildman–Crippen MR) is 125 cm³/mol. The van der Waals surface area contributed by atoms with Gasteiger partial charge < -0.3 is 9.47 Å². The minimum Gasteiger partial charge on any atom is -0.336 e. The summed E-state index contributed by atoms with van der Waals surface area (Å²) in [6, 6.07) is 1.10. The van der Waals surface area contributed by atoms with Gasteiger partial charge in [0.2, 0.25) is 0 Å². The maximum atomic E-state index is 13.8. The molecule has 5 heterocycles. The molecule has 1 atom stereocenters. The zero-order valence-corrected chi connectivity index (χ0v) is 19.5. The Balaban J connectivity index is 1.34. The van der Waals surface area contributed by atoms with Crippen LogP contribution in [0.15, 0.2) is 55.7 Å². The topological polar surface area (TPSA) is 81.7 Å². The van der Waals surface area contributed by atoms with Crippen LogP contribution in [0.4, 0.5) is 18.9 Å². The molecule has 0 N–H and O–H groups in total. The SMILES string of the molecule is CC(C)n1cc(C(=O)c2cncc(N3C=CC3c3cn(C4CC4)nc3C(F)(F)F)c2)c2cncnc21. The Morgan fingerprint density at radius 1 is 1.11 bits per heavy atom. The molecule has 184 valence electrons. The van der Waals surface area contributed by atoms with Crippen LogP contribution in [0.1, 0.15) is 72.0 Å². The molecule has 0 saturated heterocycles.